The second kappa shape index (κ2) is 9.05. The smallest absolute Gasteiger partial charge is 0.339 e. The Morgan fingerprint density at radius 2 is 1.79 bits per heavy atom. The first-order valence-electron chi connectivity index (χ1n) is 9.56. The average Bonchev–Trinajstić information content (AvgIpc) is 2.72. The van der Waals surface area contributed by atoms with Crippen molar-refractivity contribution in [3.05, 3.63) is 70.9 Å². The number of halogens is 1. The number of nitrogens with one attached hydrogen (secondary N) is 1. The first kappa shape index (κ1) is 20.8. The molecule has 0 unspecified atom stereocenters. The van der Waals surface area contributed by atoms with Crippen molar-refractivity contribution in [2.24, 2.45) is 0 Å². The van der Waals surface area contributed by atoms with Gasteiger partial charge < -0.3 is 10.1 Å². The van der Waals surface area contributed by atoms with E-state index in [-0.39, 0.29) is 10.7 Å². The highest BCUT2D eigenvalue weighted by molar-refractivity contribution is 6.30. The minimum Gasteiger partial charge on any atom is -0.449 e. The van der Waals surface area contributed by atoms with Gasteiger partial charge in [-0.05, 0) is 43.0 Å². The SMILES string of the molecule is CC[C@H](C)c1ccccc1NC(=O)[C@@H](C)OC(=O)c1cc(Cl)nc2ccccc12. The summed E-state index contributed by atoms with van der Waals surface area (Å²) >= 11 is 6.04. The van der Waals surface area contributed by atoms with Gasteiger partial charge in [0.2, 0.25) is 0 Å². The van der Waals surface area contributed by atoms with Crippen LogP contribution in [0.25, 0.3) is 10.9 Å². The lowest BCUT2D eigenvalue weighted by atomic mass is 9.97. The number of hydrogen-bond acceptors (Lipinski definition) is 4. The minimum absolute atomic E-state index is 0.190. The summed E-state index contributed by atoms with van der Waals surface area (Å²) in [5.41, 5.74) is 2.65. The Morgan fingerprint density at radius 3 is 2.55 bits per heavy atom. The van der Waals surface area contributed by atoms with Crippen molar-refractivity contribution in [1.82, 2.24) is 4.98 Å². The van der Waals surface area contributed by atoms with Crippen molar-refractivity contribution >= 4 is 40.1 Å². The van der Waals surface area contributed by atoms with Crippen LogP contribution in [0, 0.1) is 0 Å². The molecule has 5 nitrogen and oxygen atoms in total. The number of amides is 1. The van der Waals surface area contributed by atoms with E-state index < -0.39 is 18.0 Å². The fourth-order valence-electron chi connectivity index (χ4n) is 3.08. The number of rotatable bonds is 6. The third-order valence-electron chi connectivity index (χ3n) is 4.92. The van der Waals surface area contributed by atoms with E-state index in [0.29, 0.717) is 16.8 Å². The van der Waals surface area contributed by atoms with Gasteiger partial charge in [-0.1, -0.05) is 61.8 Å². The molecule has 1 heterocycles. The molecule has 1 aromatic heterocycles. The molecule has 29 heavy (non-hydrogen) atoms. The Morgan fingerprint density at radius 1 is 1.10 bits per heavy atom. The number of ether oxygens (including phenoxy) is 1. The first-order valence-corrected chi connectivity index (χ1v) is 9.94. The van der Waals surface area contributed by atoms with Gasteiger partial charge >= 0.3 is 5.97 Å². The lowest BCUT2D eigenvalue weighted by molar-refractivity contribution is -0.123. The number of para-hydroxylation sites is 2. The van der Waals surface area contributed by atoms with Gasteiger partial charge in [0.05, 0.1) is 11.1 Å². The Bertz CT molecular complexity index is 1050. The molecular formula is C23H23ClN2O3. The number of carbonyl (C=O) groups excluding carboxylic acids is 2. The first-order chi connectivity index (χ1) is 13.9. The summed E-state index contributed by atoms with van der Waals surface area (Å²) in [4.78, 5) is 29.6. The second-order valence-electron chi connectivity index (χ2n) is 6.94. The molecule has 0 spiro atoms. The van der Waals surface area contributed by atoms with Crippen molar-refractivity contribution in [2.75, 3.05) is 5.32 Å². The fraction of sp³-hybridized carbons (Fsp3) is 0.261. The summed E-state index contributed by atoms with van der Waals surface area (Å²) in [7, 11) is 0. The summed E-state index contributed by atoms with van der Waals surface area (Å²) in [5.74, 6) is -0.711. The number of carbonyl (C=O) groups is 2. The Kier molecular flexibility index (Phi) is 6.49. The maximum Gasteiger partial charge on any atom is 0.339 e. The van der Waals surface area contributed by atoms with Crippen LogP contribution in [0.4, 0.5) is 5.69 Å². The number of pyridine rings is 1. The molecular weight excluding hydrogens is 388 g/mol. The number of anilines is 1. The summed E-state index contributed by atoms with van der Waals surface area (Å²) in [6, 6.07) is 16.2. The predicted octanol–water partition coefficient (Wildman–Crippen LogP) is 5.59. The molecule has 1 N–H and O–H groups in total. The van der Waals surface area contributed by atoms with Crippen LogP contribution in [0.5, 0.6) is 0 Å². The van der Waals surface area contributed by atoms with Crippen LogP contribution in [-0.2, 0) is 9.53 Å². The third-order valence-corrected chi connectivity index (χ3v) is 5.11. The van der Waals surface area contributed by atoms with Crippen LogP contribution in [0.15, 0.2) is 54.6 Å². The maximum atomic E-state index is 12.7. The lowest BCUT2D eigenvalue weighted by Gasteiger charge is -2.18. The van der Waals surface area contributed by atoms with E-state index in [4.69, 9.17) is 16.3 Å². The number of hydrogen-bond donors (Lipinski definition) is 1. The van der Waals surface area contributed by atoms with Crippen LogP contribution >= 0.6 is 11.6 Å². The molecule has 2 atom stereocenters. The zero-order chi connectivity index (χ0) is 21.0. The van der Waals surface area contributed by atoms with E-state index in [1.165, 1.54) is 6.07 Å². The van der Waals surface area contributed by atoms with E-state index in [1.807, 2.05) is 30.3 Å². The molecule has 1 amide bonds. The van der Waals surface area contributed by atoms with Crippen LogP contribution in [0.1, 0.15) is 49.0 Å². The number of aromatic nitrogens is 1. The van der Waals surface area contributed by atoms with Crippen LogP contribution in [0.2, 0.25) is 5.15 Å². The standard InChI is InChI=1S/C23H23ClN2O3/c1-4-14(2)16-9-5-7-11-19(16)26-22(27)15(3)29-23(28)18-13-21(24)25-20-12-8-6-10-17(18)20/h5-15H,4H2,1-3H3,(H,26,27)/t14-,15+/m0/s1. The van der Waals surface area contributed by atoms with Crippen molar-refractivity contribution in [3.63, 3.8) is 0 Å². The van der Waals surface area contributed by atoms with Crippen molar-refractivity contribution in [3.8, 4) is 0 Å². The molecule has 0 fully saturated rings. The highest BCUT2D eigenvalue weighted by Crippen LogP contribution is 2.27. The molecule has 0 bridgehead atoms. The van der Waals surface area contributed by atoms with E-state index in [2.05, 4.69) is 24.1 Å². The monoisotopic (exact) mass is 410 g/mol. The number of nitrogens with zero attached hydrogens (tertiary/aromatic N) is 1. The van der Waals surface area contributed by atoms with Crippen molar-refractivity contribution in [2.45, 2.75) is 39.2 Å². The Balaban J connectivity index is 1.77. The van der Waals surface area contributed by atoms with Gasteiger partial charge in [-0.3, -0.25) is 4.79 Å². The van der Waals surface area contributed by atoms with Crippen LogP contribution < -0.4 is 5.32 Å². The van der Waals surface area contributed by atoms with E-state index >= 15 is 0 Å². The van der Waals surface area contributed by atoms with Crippen LogP contribution in [-0.4, -0.2) is 23.0 Å². The third kappa shape index (κ3) is 4.74. The van der Waals surface area contributed by atoms with Gasteiger partial charge in [0.1, 0.15) is 5.15 Å². The van der Waals surface area contributed by atoms with Gasteiger partial charge in [0.15, 0.2) is 6.10 Å². The molecule has 150 valence electrons. The van der Waals surface area contributed by atoms with Gasteiger partial charge in [-0.15, -0.1) is 0 Å². The zero-order valence-electron chi connectivity index (χ0n) is 16.6. The summed E-state index contributed by atoms with van der Waals surface area (Å²) in [6.07, 6.45) is -0.0222. The number of fused-ring (bicyclic) bond motifs is 1. The number of benzene rings is 2. The normalized spacial score (nSPS) is 13.0. The molecule has 3 rings (SSSR count). The van der Waals surface area contributed by atoms with Gasteiger partial charge in [-0.2, -0.15) is 0 Å². The molecule has 0 aliphatic heterocycles. The van der Waals surface area contributed by atoms with Gasteiger partial charge in [0.25, 0.3) is 5.91 Å². The Labute approximate surface area is 175 Å². The molecule has 0 saturated carbocycles. The van der Waals surface area contributed by atoms with E-state index in [0.717, 1.165) is 17.7 Å². The van der Waals surface area contributed by atoms with E-state index in [1.54, 1.807) is 25.1 Å². The number of esters is 1. The highest BCUT2D eigenvalue weighted by Gasteiger charge is 2.22. The van der Waals surface area contributed by atoms with Crippen LogP contribution in [0.3, 0.4) is 0 Å². The van der Waals surface area contributed by atoms with Crippen molar-refractivity contribution < 1.29 is 14.3 Å². The maximum absolute atomic E-state index is 12.7. The largest absolute Gasteiger partial charge is 0.449 e. The van der Waals surface area contributed by atoms with Gasteiger partial charge in [-0.25, -0.2) is 9.78 Å². The quantitative estimate of drug-likeness (QED) is 0.425. The summed E-state index contributed by atoms with van der Waals surface area (Å²) < 4.78 is 5.42. The topological polar surface area (TPSA) is 68.3 Å². The molecule has 6 heteroatoms. The van der Waals surface area contributed by atoms with Crippen molar-refractivity contribution in [1.29, 1.82) is 0 Å². The Hall–Kier alpha value is -2.92. The van der Waals surface area contributed by atoms with E-state index in [9.17, 15) is 9.59 Å². The predicted molar refractivity (Wildman–Crippen MR) is 115 cm³/mol. The summed E-state index contributed by atoms with van der Waals surface area (Å²) in [6.45, 7) is 5.74. The molecule has 3 aromatic rings. The molecule has 2 aromatic carbocycles. The molecule has 0 saturated heterocycles. The molecule has 0 aliphatic rings. The molecule has 0 aliphatic carbocycles. The lowest BCUT2D eigenvalue weighted by Crippen LogP contribution is -2.30. The van der Waals surface area contributed by atoms with Gasteiger partial charge in [0, 0.05) is 11.1 Å². The summed E-state index contributed by atoms with van der Waals surface area (Å²) in [5, 5.41) is 3.69. The fourth-order valence-corrected chi connectivity index (χ4v) is 3.28. The molecule has 0 radical (unpaired) electrons. The second-order valence-corrected chi connectivity index (χ2v) is 7.33. The highest BCUT2D eigenvalue weighted by atomic mass is 35.5. The average molecular weight is 411 g/mol. The zero-order valence-corrected chi connectivity index (χ0v) is 17.4. The minimum atomic E-state index is -0.974.